The third-order valence-corrected chi connectivity index (χ3v) is 7.89. The van der Waals surface area contributed by atoms with Crippen LogP contribution in [0.3, 0.4) is 0 Å². The molecule has 36 heavy (non-hydrogen) atoms. The molecular formula is C26H33ClN6O3. The maximum absolute atomic E-state index is 12.1. The van der Waals surface area contributed by atoms with Gasteiger partial charge in [-0.2, -0.15) is 4.98 Å². The Labute approximate surface area is 216 Å². The fraction of sp³-hybridized carbons (Fsp3) is 0.500. The van der Waals surface area contributed by atoms with Gasteiger partial charge >= 0.3 is 0 Å². The standard InChI is InChI=1S/C26H33ClN6O3/c1-35-10-9-33-7-5-15-12-20(21(36-2)13-16(15)6-8-33)30-26-29-14-19(27)25(32-26)31-23-18-4-3-17(11-18)22(23)24(28)34/h3-4,12-14,17-18,22-23H,5-11H2,1-2H3,(H2,28,34)(H2,29,30,31,32). The number of nitrogens with two attached hydrogens (primary N) is 1. The first kappa shape index (κ1) is 24.8. The summed E-state index contributed by atoms with van der Waals surface area (Å²) >= 11 is 6.44. The molecule has 0 spiro atoms. The van der Waals surface area contributed by atoms with Gasteiger partial charge in [-0.05, 0) is 54.4 Å². The Kier molecular flexibility index (Phi) is 7.32. The third-order valence-electron chi connectivity index (χ3n) is 7.61. The average Bonchev–Trinajstić information content (AvgIpc) is 3.42. The van der Waals surface area contributed by atoms with Crippen molar-refractivity contribution in [3.63, 3.8) is 0 Å². The molecule has 1 aliphatic heterocycles. The summed E-state index contributed by atoms with van der Waals surface area (Å²) in [6.07, 6.45) is 8.61. The minimum absolute atomic E-state index is 0.138. The zero-order valence-corrected chi connectivity index (χ0v) is 21.4. The van der Waals surface area contributed by atoms with Gasteiger partial charge in [-0.3, -0.25) is 4.79 Å². The van der Waals surface area contributed by atoms with Crippen LogP contribution in [0.5, 0.6) is 5.75 Å². The number of carbonyl (C=O) groups excluding carboxylic acids is 1. The molecule has 4 unspecified atom stereocenters. The van der Waals surface area contributed by atoms with E-state index < -0.39 is 0 Å². The fourth-order valence-electron chi connectivity index (χ4n) is 5.73. The van der Waals surface area contributed by atoms with Gasteiger partial charge in [0.05, 0.1) is 31.5 Å². The van der Waals surface area contributed by atoms with E-state index in [1.165, 1.54) is 11.1 Å². The molecule has 5 rings (SSSR count). The van der Waals surface area contributed by atoms with Gasteiger partial charge in [0.15, 0.2) is 5.82 Å². The van der Waals surface area contributed by atoms with Crippen LogP contribution in [-0.4, -0.2) is 67.3 Å². The highest BCUT2D eigenvalue weighted by Gasteiger charge is 2.47. The molecule has 0 radical (unpaired) electrons. The molecule has 1 aromatic carbocycles. The topological polar surface area (TPSA) is 115 Å². The minimum atomic E-state index is -0.302. The Bertz CT molecular complexity index is 1160. The first-order valence-electron chi connectivity index (χ1n) is 12.4. The normalized spacial score (nSPS) is 24.9. The smallest absolute Gasteiger partial charge is 0.229 e. The summed E-state index contributed by atoms with van der Waals surface area (Å²) in [5, 5.41) is 7.09. The number of methoxy groups -OCH3 is 2. The maximum Gasteiger partial charge on any atom is 0.229 e. The van der Waals surface area contributed by atoms with Gasteiger partial charge in [0.1, 0.15) is 10.8 Å². The summed E-state index contributed by atoms with van der Waals surface area (Å²) in [7, 11) is 3.40. The van der Waals surface area contributed by atoms with E-state index in [0.29, 0.717) is 16.8 Å². The lowest BCUT2D eigenvalue weighted by Crippen LogP contribution is -2.41. The number of halogens is 1. The molecule has 1 aromatic heterocycles. The number of nitrogens with zero attached hydrogens (tertiary/aromatic N) is 3. The van der Waals surface area contributed by atoms with Crippen LogP contribution in [0.15, 0.2) is 30.5 Å². The number of primary amides is 1. The molecule has 4 N–H and O–H groups in total. The van der Waals surface area contributed by atoms with Gasteiger partial charge in [-0.15, -0.1) is 0 Å². The quantitative estimate of drug-likeness (QED) is 0.439. The van der Waals surface area contributed by atoms with E-state index in [-0.39, 0.29) is 29.7 Å². The maximum atomic E-state index is 12.1. The number of ether oxygens (including phenoxy) is 2. The van der Waals surface area contributed by atoms with Crippen LogP contribution in [0.4, 0.5) is 17.5 Å². The largest absolute Gasteiger partial charge is 0.495 e. The van der Waals surface area contributed by atoms with Crippen molar-refractivity contribution >= 4 is 35.0 Å². The van der Waals surface area contributed by atoms with E-state index in [0.717, 1.165) is 56.9 Å². The molecule has 2 aliphatic carbocycles. The molecule has 10 heteroatoms. The number of hydrogen-bond donors (Lipinski definition) is 3. The molecule has 1 amide bonds. The molecule has 4 atom stereocenters. The monoisotopic (exact) mass is 512 g/mol. The molecule has 192 valence electrons. The summed E-state index contributed by atoms with van der Waals surface area (Å²) in [5.74, 6) is 1.41. The predicted octanol–water partition coefficient (Wildman–Crippen LogP) is 3.02. The predicted molar refractivity (Wildman–Crippen MR) is 140 cm³/mol. The Morgan fingerprint density at radius 2 is 1.94 bits per heavy atom. The van der Waals surface area contributed by atoms with Crippen LogP contribution in [0, 0.1) is 17.8 Å². The number of rotatable bonds is 9. The molecule has 1 saturated carbocycles. The highest BCUT2D eigenvalue weighted by Crippen LogP contribution is 2.45. The molecule has 9 nitrogen and oxygen atoms in total. The summed E-state index contributed by atoms with van der Waals surface area (Å²) in [6.45, 7) is 3.63. The van der Waals surface area contributed by atoms with E-state index in [1.54, 1.807) is 20.4 Å². The van der Waals surface area contributed by atoms with Crippen LogP contribution in [0.25, 0.3) is 0 Å². The van der Waals surface area contributed by atoms with Crippen LogP contribution in [0.2, 0.25) is 5.02 Å². The van der Waals surface area contributed by atoms with Crippen molar-refractivity contribution in [1.29, 1.82) is 0 Å². The Morgan fingerprint density at radius 1 is 1.19 bits per heavy atom. The average molecular weight is 513 g/mol. The lowest BCUT2D eigenvalue weighted by molar-refractivity contribution is -0.122. The van der Waals surface area contributed by atoms with Crippen LogP contribution in [-0.2, 0) is 22.4 Å². The van der Waals surface area contributed by atoms with E-state index in [1.807, 2.05) is 0 Å². The van der Waals surface area contributed by atoms with E-state index in [2.05, 4.69) is 49.8 Å². The van der Waals surface area contributed by atoms with Gasteiger partial charge in [-0.1, -0.05) is 23.8 Å². The van der Waals surface area contributed by atoms with Crippen LogP contribution in [0.1, 0.15) is 17.5 Å². The number of carbonyl (C=O) groups is 1. The van der Waals surface area contributed by atoms with Crippen molar-refractivity contribution in [2.45, 2.75) is 25.3 Å². The Morgan fingerprint density at radius 3 is 2.67 bits per heavy atom. The van der Waals surface area contributed by atoms with Gasteiger partial charge < -0.3 is 30.7 Å². The summed E-state index contributed by atoms with van der Waals surface area (Å²) in [4.78, 5) is 23.6. The molecule has 1 fully saturated rings. The highest BCUT2D eigenvalue weighted by atomic mass is 35.5. The second-order valence-electron chi connectivity index (χ2n) is 9.72. The van der Waals surface area contributed by atoms with Gasteiger partial charge in [-0.25, -0.2) is 4.98 Å². The molecule has 2 heterocycles. The van der Waals surface area contributed by atoms with Gasteiger partial charge in [0, 0.05) is 32.8 Å². The molecule has 2 bridgehead atoms. The molecule has 2 aromatic rings. The van der Waals surface area contributed by atoms with Crippen molar-refractivity contribution in [2.24, 2.45) is 23.5 Å². The van der Waals surface area contributed by atoms with Crippen molar-refractivity contribution in [1.82, 2.24) is 14.9 Å². The molecule has 3 aliphatic rings. The fourth-order valence-corrected chi connectivity index (χ4v) is 5.87. The van der Waals surface area contributed by atoms with E-state index >= 15 is 0 Å². The van der Waals surface area contributed by atoms with E-state index in [9.17, 15) is 4.79 Å². The number of hydrogen-bond acceptors (Lipinski definition) is 8. The first-order valence-corrected chi connectivity index (χ1v) is 12.8. The molecular weight excluding hydrogens is 480 g/mol. The third kappa shape index (κ3) is 5.00. The summed E-state index contributed by atoms with van der Waals surface area (Å²) in [5.41, 5.74) is 9.09. The first-order chi connectivity index (χ1) is 17.5. The lowest BCUT2D eigenvalue weighted by Gasteiger charge is -2.27. The van der Waals surface area contributed by atoms with Gasteiger partial charge in [0.25, 0.3) is 0 Å². The number of anilines is 3. The Balaban J connectivity index is 1.35. The second kappa shape index (κ2) is 10.6. The number of fused-ring (bicyclic) bond motifs is 3. The van der Waals surface area contributed by atoms with E-state index in [4.69, 9.17) is 26.8 Å². The number of amides is 1. The molecule has 0 saturated heterocycles. The van der Waals surface area contributed by atoms with Gasteiger partial charge in [0.2, 0.25) is 11.9 Å². The highest BCUT2D eigenvalue weighted by molar-refractivity contribution is 6.32. The number of aromatic nitrogens is 2. The summed E-state index contributed by atoms with van der Waals surface area (Å²) < 4.78 is 10.9. The number of allylic oxidation sites excluding steroid dienone is 1. The van der Waals surface area contributed by atoms with Crippen molar-refractivity contribution < 1.29 is 14.3 Å². The number of benzene rings is 1. The SMILES string of the molecule is COCCN1CCc2cc(Nc3ncc(Cl)c(NC4C5C=CC(C5)C4C(N)=O)n3)c(OC)cc2CC1. The second-order valence-corrected chi connectivity index (χ2v) is 10.1. The lowest BCUT2D eigenvalue weighted by atomic mass is 9.88. The van der Waals surface area contributed by atoms with Crippen LogP contribution < -0.4 is 21.1 Å². The van der Waals surface area contributed by atoms with Crippen molar-refractivity contribution in [2.75, 3.05) is 51.1 Å². The Hall–Kier alpha value is -2.88. The number of nitrogens with one attached hydrogen (secondary N) is 2. The van der Waals surface area contributed by atoms with Crippen LogP contribution >= 0.6 is 11.6 Å². The van der Waals surface area contributed by atoms with Crippen molar-refractivity contribution in [3.05, 3.63) is 46.6 Å². The summed E-state index contributed by atoms with van der Waals surface area (Å²) in [6, 6.07) is 4.09. The zero-order valence-electron chi connectivity index (χ0n) is 20.7. The zero-order chi connectivity index (χ0) is 25.2. The van der Waals surface area contributed by atoms with Crippen molar-refractivity contribution in [3.8, 4) is 5.75 Å². The minimum Gasteiger partial charge on any atom is -0.495 e.